The number of carbonyl (C=O) groups excluding carboxylic acids is 1. The van der Waals surface area contributed by atoms with Gasteiger partial charge in [-0.2, -0.15) is 5.01 Å². The van der Waals surface area contributed by atoms with Crippen molar-refractivity contribution in [2.45, 2.75) is 12.4 Å². The van der Waals surface area contributed by atoms with Gasteiger partial charge < -0.3 is 20.1 Å². The quantitative estimate of drug-likeness (QED) is 0.374. The average Bonchev–Trinajstić information content (AvgIpc) is 2.53. The summed E-state index contributed by atoms with van der Waals surface area (Å²) < 4.78 is 5.33. The monoisotopic (exact) mass is 351 g/mol. The minimum Gasteiger partial charge on any atom is -0.534 e. The molecule has 0 fully saturated rings. The number of quaternary nitrogens is 1. The summed E-state index contributed by atoms with van der Waals surface area (Å²) in [5, 5.41) is 28.5. The van der Waals surface area contributed by atoms with E-state index in [9.17, 15) is 14.6 Å². The Morgan fingerprint density at radius 2 is 2.38 bits per heavy atom. The van der Waals surface area contributed by atoms with Crippen molar-refractivity contribution in [1.29, 1.82) is 0 Å². The molecule has 126 valence electrons. The van der Waals surface area contributed by atoms with Crippen LogP contribution in [0, 0.1) is 0 Å². The molecule has 0 aromatic heterocycles. The van der Waals surface area contributed by atoms with Gasteiger partial charge in [0.15, 0.2) is 0 Å². The number of aromatic carboxylic acids is 1. The third kappa shape index (κ3) is 3.32. The van der Waals surface area contributed by atoms with Crippen molar-refractivity contribution in [3.8, 4) is 5.75 Å². The fraction of sp³-hybridized carbons (Fsp3) is 0.308. The van der Waals surface area contributed by atoms with E-state index in [0.29, 0.717) is 12.0 Å². The number of nitrogens with two attached hydrogens (primary N) is 1. The minimum atomic E-state index is -1.30. The van der Waals surface area contributed by atoms with Gasteiger partial charge in [-0.05, 0) is 23.2 Å². The number of hydrogen-bond donors (Lipinski definition) is 4. The minimum absolute atomic E-state index is 0.00540. The first-order chi connectivity index (χ1) is 11.5. The smallest absolute Gasteiger partial charge is 0.534 e. The zero-order valence-electron chi connectivity index (χ0n) is 12.8. The number of nitrogens with one attached hydrogen (secondary N) is 1. The molecule has 11 heteroatoms. The van der Waals surface area contributed by atoms with E-state index >= 15 is 0 Å². The van der Waals surface area contributed by atoms with Gasteiger partial charge in [0, 0.05) is 0 Å². The number of fused-ring (bicyclic) bond motifs is 1. The Labute approximate surface area is 142 Å². The molecule has 1 aromatic rings. The maximum Gasteiger partial charge on any atom is 0.547 e. The standard InChI is InChI=1S/C13H15BN4O5S/c1-18-13(16-17-18)24-6-10(19)15-9-5-7-3-2-4-8(12(20)21)11(7)23-14(9)22/h2-4,9,17,22H,5-6H2,1H3,(H,15,19)(H,20,21)/p+1. The molecule has 0 aliphatic carbocycles. The van der Waals surface area contributed by atoms with E-state index in [4.69, 9.17) is 9.76 Å². The Morgan fingerprint density at radius 3 is 3.00 bits per heavy atom. The summed E-state index contributed by atoms with van der Waals surface area (Å²) in [7, 11) is 0.534. The lowest BCUT2D eigenvalue weighted by atomic mass is 9.72. The summed E-state index contributed by atoms with van der Waals surface area (Å²) in [4.78, 5) is 23.2. The topological polar surface area (TPSA) is 128 Å². The predicted molar refractivity (Wildman–Crippen MR) is 87.2 cm³/mol. The molecule has 0 radical (unpaired) electrons. The second-order valence-electron chi connectivity index (χ2n) is 5.41. The lowest BCUT2D eigenvalue weighted by molar-refractivity contribution is -0.810. The summed E-state index contributed by atoms with van der Waals surface area (Å²) in [5.74, 6) is -1.70. The third-order valence-corrected chi connectivity index (χ3v) is 4.73. The van der Waals surface area contributed by atoms with Crippen LogP contribution in [0.25, 0.3) is 0 Å². The molecule has 1 atom stereocenters. The molecule has 0 saturated heterocycles. The summed E-state index contributed by atoms with van der Waals surface area (Å²) in [6.45, 7) is 0. The fourth-order valence-electron chi connectivity index (χ4n) is 2.45. The van der Waals surface area contributed by atoms with Gasteiger partial charge in [0.25, 0.3) is 5.17 Å². The van der Waals surface area contributed by atoms with Crippen molar-refractivity contribution >= 4 is 35.9 Å². The van der Waals surface area contributed by atoms with E-state index in [1.165, 1.54) is 17.8 Å². The lowest BCUT2D eigenvalue weighted by Gasteiger charge is -2.29. The molecular weight excluding hydrogens is 335 g/mol. The van der Waals surface area contributed by atoms with E-state index in [-0.39, 0.29) is 23.0 Å². The molecule has 1 aromatic carbocycles. The van der Waals surface area contributed by atoms with E-state index in [2.05, 4.69) is 10.4 Å². The summed E-state index contributed by atoms with van der Waals surface area (Å²) in [6, 6.07) is 4.74. The number of carboxylic acids is 1. The highest BCUT2D eigenvalue weighted by atomic mass is 32.2. The number of rotatable bonds is 4. The number of carbonyl (C=O) groups is 2. The Hall–Kier alpha value is -2.24. The van der Waals surface area contributed by atoms with E-state index < -0.39 is 19.0 Å². The van der Waals surface area contributed by atoms with Crippen LogP contribution in [0.1, 0.15) is 15.9 Å². The predicted octanol–water partition coefficient (Wildman–Crippen LogP) is -1.75. The highest BCUT2D eigenvalue weighted by Gasteiger charge is 2.37. The van der Waals surface area contributed by atoms with Crippen LogP contribution in [-0.2, 0) is 11.2 Å². The first-order valence-electron chi connectivity index (χ1n) is 7.21. The third-order valence-electron chi connectivity index (χ3n) is 3.67. The van der Waals surface area contributed by atoms with Crippen molar-refractivity contribution < 1.29 is 29.9 Å². The van der Waals surface area contributed by atoms with E-state index in [1.54, 1.807) is 22.7 Å². The SMILES string of the molecule is CN1[NH2+]N=C1SCC(=O)NC1Cc2cccc(C(=O)O)c2OB1O. The maximum atomic E-state index is 12.0. The Balaban J connectivity index is 1.62. The molecule has 0 bridgehead atoms. The number of nitrogens with zero attached hydrogens (tertiary/aromatic N) is 2. The van der Waals surface area contributed by atoms with Crippen LogP contribution in [0.15, 0.2) is 23.3 Å². The Bertz CT molecular complexity index is 716. The van der Waals surface area contributed by atoms with Gasteiger partial charge in [0.05, 0.1) is 24.3 Å². The second-order valence-corrected chi connectivity index (χ2v) is 6.35. The van der Waals surface area contributed by atoms with Gasteiger partial charge in [-0.1, -0.05) is 23.9 Å². The Morgan fingerprint density at radius 1 is 1.58 bits per heavy atom. The van der Waals surface area contributed by atoms with Crippen LogP contribution in [0.4, 0.5) is 0 Å². The number of amides is 1. The molecule has 2 aliphatic heterocycles. The number of thioether (sulfide) groups is 1. The molecule has 2 aliphatic rings. The number of amidine groups is 1. The van der Waals surface area contributed by atoms with Crippen LogP contribution in [0.5, 0.6) is 5.75 Å². The average molecular weight is 351 g/mol. The lowest BCUT2D eigenvalue weighted by Crippen LogP contribution is -2.96. The van der Waals surface area contributed by atoms with Crippen molar-refractivity contribution in [2.75, 3.05) is 12.8 Å². The van der Waals surface area contributed by atoms with Crippen LogP contribution >= 0.6 is 11.8 Å². The largest absolute Gasteiger partial charge is 0.547 e. The van der Waals surface area contributed by atoms with Gasteiger partial charge in [-0.15, -0.1) is 5.53 Å². The molecule has 2 heterocycles. The Kier molecular flexibility index (Phi) is 4.65. The number of hydrogen-bond acceptors (Lipinski definition) is 7. The first-order valence-corrected chi connectivity index (χ1v) is 8.20. The van der Waals surface area contributed by atoms with Crippen LogP contribution in [0.3, 0.4) is 0 Å². The molecule has 0 spiro atoms. The van der Waals surface area contributed by atoms with Crippen molar-refractivity contribution in [3.63, 3.8) is 0 Å². The summed E-state index contributed by atoms with van der Waals surface area (Å²) in [6.07, 6.45) is 0.294. The van der Waals surface area contributed by atoms with E-state index in [1.807, 2.05) is 7.05 Å². The molecule has 1 amide bonds. The van der Waals surface area contributed by atoms with E-state index in [0.717, 1.165) is 5.17 Å². The molecular formula is C13H16BN4O5S+. The molecule has 3 rings (SSSR count). The molecule has 0 saturated carbocycles. The first kappa shape index (κ1) is 16.6. The summed E-state index contributed by atoms with van der Waals surface area (Å²) >= 11 is 1.29. The highest BCUT2D eigenvalue weighted by molar-refractivity contribution is 8.14. The van der Waals surface area contributed by atoms with Crippen LogP contribution in [-0.4, -0.2) is 58.0 Å². The van der Waals surface area contributed by atoms with Crippen LogP contribution < -0.4 is 15.5 Å². The maximum absolute atomic E-state index is 12.0. The number of carboxylic acid groups (broad SMARTS) is 1. The van der Waals surface area contributed by atoms with Crippen molar-refractivity contribution in [3.05, 3.63) is 29.3 Å². The second kappa shape index (κ2) is 6.71. The van der Waals surface area contributed by atoms with Gasteiger partial charge in [0.2, 0.25) is 5.91 Å². The summed E-state index contributed by atoms with van der Waals surface area (Å²) in [5.41, 5.74) is 2.28. The highest BCUT2D eigenvalue weighted by Crippen LogP contribution is 2.30. The number of benzene rings is 1. The fourth-order valence-corrected chi connectivity index (χ4v) is 3.17. The normalized spacial score (nSPS) is 18.9. The molecule has 5 N–H and O–H groups in total. The molecule has 24 heavy (non-hydrogen) atoms. The van der Waals surface area contributed by atoms with Gasteiger partial charge in [-0.25, -0.2) is 4.79 Å². The number of para-hydroxylation sites is 1. The van der Waals surface area contributed by atoms with Crippen molar-refractivity contribution in [1.82, 2.24) is 10.3 Å². The molecule has 1 unspecified atom stereocenters. The van der Waals surface area contributed by atoms with Crippen molar-refractivity contribution in [2.24, 2.45) is 5.10 Å². The zero-order valence-corrected chi connectivity index (χ0v) is 13.6. The van der Waals surface area contributed by atoms with Gasteiger partial charge in [-0.3, -0.25) is 4.79 Å². The van der Waals surface area contributed by atoms with Gasteiger partial charge >= 0.3 is 13.1 Å². The van der Waals surface area contributed by atoms with Crippen LogP contribution in [0.2, 0.25) is 0 Å². The van der Waals surface area contributed by atoms with Gasteiger partial charge in [0.1, 0.15) is 5.75 Å². The zero-order chi connectivity index (χ0) is 17.3. The molecule has 9 nitrogen and oxygen atoms in total.